The van der Waals surface area contributed by atoms with E-state index in [0.717, 1.165) is 11.0 Å². The van der Waals surface area contributed by atoms with E-state index in [1.54, 1.807) is 16.8 Å². The minimum Gasteiger partial charge on any atom is -0.346 e. The van der Waals surface area contributed by atoms with Gasteiger partial charge in [0.2, 0.25) is 6.23 Å². The van der Waals surface area contributed by atoms with Crippen molar-refractivity contribution in [2.24, 2.45) is 0 Å². The van der Waals surface area contributed by atoms with Crippen LogP contribution in [0.4, 0.5) is 5.69 Å². The van der Waals surface area contributed by atoms with Gasteiger partial charge in [-0.25, -0.2) is 4.68 Å². The molecule has 120 valence electrons. The van der Waals surface area contributed by atoms with Crippen molar-refractivity contribution >= 4 is 16.7 Å². The number of ether oxygens (including phenoxy) is 1. The maximum absolute atomic E-state index is 10.7. The van der Waals surface area contributed by atoms with Crippen molar-refractivity contribution in [3.63, 3.8) is 0 Å². The Kier molecular flexibility index (Phi) is 4.50. The van der Waals surface area contributed by atoms with Gasteiger partial charge in [-0.15, -0.1) is 5.10 Å². The van der Waals surface area contributed by atoms with Gasteiger partial charge in [-0.05, 0) is 37.1 Å². The lowest BCUT2D eigenvalue weighted by molar-refractivity contribution is -0.384. The molecule has 0 saturated heterocycles. The average Bonchev–Trinajstić information content (AvgIpc) is 3.03. The second-order valence-corrected chi connectivity index (χ2v) is 4.90. The molecule has 24 heavy (non-hydrogen) atoms. The Morgan fingerprint density at radius 1 is 1.25 bits per heavy atom. The number of hydrogen-bond donors (Lipinski definition) is 0. The topological polar surface area (TPSA) is 83.1 Å². The molecular formula is C17H14N4O3. The van der Waals surface area contributed by atoms with Crippen LogP contribution in [0.3, 0.4) is 0 Å². The maximum Gasteiger partial charge on any atom is 0.269 e. The van der Waals surface area contributed by atoms with E-state index in [9.17, 15) is 10.1 Å². The molecule has 3 aromatic rings. The van der Waals surface area contributed by atoms with Gasteiger partial charge < -0.3 is 4.74 Å². The summed E-state index contributed by atoms with van der Waals surface area (Å²) in [5.74, 6) is 5.96. The van der Waals surface area contributed by atoms with Crippen LogP contribution in [0.2, 0.25) is 0 Å². The highest BCUT2D eigenvalue weighted by atomic mass is 16.6. The summed E-state index contributed by atoms with van der Waals surface area (Å²) in [4.78, 5) is 10.2. The molecule has 1 heterocycles. The number of benzene rings is 2. The standard InChI is InChI=1S/C17H14N4O3/c1-2-24-17(20-16-6-4-3-5-15(16)18-19-20)12-9-13-7-10-14(11-8-13)21(22)23/h3-8,10-11,17H,2H2,1H3. The summed E-state index contributed by atoms with van der Waals surface area (Å²) in [5.41, 5.74) is 2.28. The fraction of sp³-hybridized carbons (Fsp3) is 0.176. The number of aromatic nitrogens is 3. The van der Waals surface area contributed by atoms with E-state index in [1.165, 1.54) is 12.1 Å². The van der Waals surface area contributed by atoms with Crippen LogP contribution in [0.1, 0.15) is 18.7 Å². The smallest absolute Gasteiger partial charge is 0.269 e. The number of non-ortho nitro benzene ring substituents is 1. The number of para-hydroxylation sites is 1. The Balaban J connectivity index is 1.91. The normalized spacial score (nSPS) is 11.7. The van der Waals surface area contributed by atoms with Crippen LogP contribution < -0.4 is 0 Å². The maximum atomic E-state index is 10.7. The summed E-state index contributed by atoms with van der Waals surface area (Å²) in [5, 5.41) is 18.9. The molecule has 3 rings (SSSR count). The molecule has 0 saturated carbocycles. The molecule has 7 nitrogen and oxygen atoms in total. The van der Waals surface area contributed by atoms with Crippen molar-refractivity contribution in [2.45, 2.75) is 13.2 Å². The predicted molar refractivity (Wildman–Crippen MR) is 88.2 cm³/mol. The highest BCUT2D eigenvalue weighted by molar-refractivity contribution is 5.74. The minimum absolute atomic E-state index is 0.0316. The monoisotopic (exact) mass is 322 g/mol. The molecule has 0 aliphatic heterocycles. The number of fused-ring (bicyclic) bond motifs is 1. The molecule has 0 bridgehead atoms. The Morgan fingerprint density at radius 2 is 2.00 bits per heavy atom. The fourth-order valence-corrected chi connectivity index (χ4v) is 2.20. The van der Waals surface area contributed by atoms with Gasteiger partial charge >= 0.3 is 0 Å². The number of rotatable bonds is 4. The zero-order valence-corrected chi connectivity index (χ0v) is 12.9. The Hall–Kier alpha value is -3.24. The van der Waals surface area contributed by atoms with Gasteiger partial charge in [-0.1, -0.05) is 23.3 Å². The summed E-state index contributed by atoms with van der Waals surface area (Å²) >= 11 is 0. The minimum atomic E-state index is -0.586. The van der Waals surface area contributed by atoms with Crippen LogP contribution in [-0.2, 0) is 4.74 Å². The van der Waals surface area contributed by atoms with E-state index < -0.39 is 11.2 Å². The fourth-order valence-electron chi connectivity index (χ4n) is 2.20. The summed E-state index contributed by atoms with van der Waals surface area (Å²) in [6, 6.07) is 13.6. The van der Waals surface area contributed by atoms with Crippen LogP contribution in [0.5, 0.6) is 0 Å². The lowest BCUT2D eigenvalue weighted by Crippen LogP contribution is -2.12. The Morgan fingerprint density at radius 3 is 2.71 bits per heavy atom. The molecule has 0 amide bonds. The zero-order valence-electron chi connectivity index (χ0n) is 12.9. The van der Waals surface area contributed by atoms with E-state index >= 15 is 0 Å². The van der Waals surface area contributed by atoms with Crippen LogP contribution in [0.25, 0.3) is 11.0 Å². The van der Waals surface area contributed by atoms with E-state index in [0.29, 0.717) is 12.2 Å². The van der Waals surface area contributed by atoms with Gasteiger partial charge in [0.1, 0.15) is 5.52 Å². The predicted octanol–water partition coefficient (Wildman–Crippen LogP) is 2.93. The Labute approximate surface area is 138 Å². The van der Waals surface area contributed by atoms with E-state index in [2.05, 4.69) is 22.2 Å². The second-order valence-electron chi connectivity index (χ2n) is 4.90. The number of nitrogens with zero attached hydrogens (tertiary/aromatic N) is 4. The first-order valence-electron chi connectivity index (χ1n) is 7.36. The van der Waals surface area contributed by atoms with Crippen LogP contribution in [0, 0.1) is 22.0 Å². The third-order valence-electron chi connectivity index (χ3n) is 3.34. The van der Waals surface area contributed by atoms with Gasteiger partial charge in [0.25, 0.3) is 5.69 Å². The number of hydrogen-bond acceptors (Lipinski definition) is 5. The van der Waals surface area contributed by atoms with Crippen molar-refractivity contribution in [3.8, 4) is 11.8 Å². The average molecular weight is 322 g/mol. The van der Waals surface area contributed by atoms with E-state index in [1.807, 2.05) is 31.2 Å². The Bertz CT molecular complexity index is 922. The zero-order chi connectivity index (χ0) is 16.9. The summed E-state index contributed by atoms with van der Waals surface area (Å²) < 4.78 is 7.28. The first kappa shape index (κ1) is 15.6. The van der Waals surface area contributed by atoms with Crippen LogP contribution >= 0.6 is 0 Å². The lowest BCUT2D eigenvalue weighted by atomic mass is 10.2. The van der Waals surface area contributed by atoms with Crippen molar-refractivity contribution < 1.29 is 9.66 Å². The molecule has 1 atom stereocenters. The number of nitro groups is 1. The molecular weight excluding hydrogens is 308 g/mol. The molecule has 0 N–H and O–H groups in total. The highest BCUT2D eigenvalue weighted by Gasteiger charge is 2.13. The quantitative estimate of drug-likeness (QED) is 0.419. The summed E-state index contributed by atoms with van der Waals surface area (Å²) in [7, 11) is 0. The number of nitro benzene ring substituents is 1. The van der Waals surface area contributed by atoms with Gasteiger partial charge in [-0.2, -0.15) is 0 Å². The largest absolute Gasteiger partial charge is 0.346 e. The highest BCUT2D eigenvalue weighted by Crippen LogP contribution is 2.16. The molecule has 1 unspecified atom stereocenters. The van der Waals surface area contributed by atoms with Crippen molar-refractivity contribution in [2.75, 3.05) is 6.61 Å². The summed E-state index contributed by atoms with van der Waals surface area (Å²) in [6.07, 6.45) is -0.586. The van der Waals surface area contributed by atoms with E-state index in [-0.39, 0.29) is 5.69 Å². The van der Waals surface area contributed by atoms with Crippen molar-refractivity contribution in [1.82, 2.24) is 15.0 Å². The third kappa shape index (κ3) is 3.24. The van der Waals surface area contributed by atoms with Crippen molar-refractivity contribution in [1.29, 1.82) is 0 Å². The molecule has 0 aliphatic rings. The van der Waals surface area contributed by atoms with Gasteiger partial charge in [0.15, 0.2) is 0 Å². The SMILES string of the molecule is CCOC(C#Cc1ccc([N+](=O)[O-])cc1)n1nnc2ccccc21. The third-order valence-corrected chi connectivity index (χ3v) is 3.34. The van der Waals surface area contributed by atoms with Gasteiger partial charge in [-0.3, -0.25) is 10.1 Å². The lowest BCUT2D eigenvalue weighted by Gasteiger charge is -2.11. The molecule has 0 aliphatic carbocycles. The summed E-state index contributed by atoms with van der Waals surface area (Å²) in [6.45, 7) is 2.34. The second kappa shape index (κ2) is 6.89. The van der Waals surface area contributed by atoms with Crippen LogP contribution in [-0.4, -0.2) is 26.5 Å². The molecule has 7 heteroatoms. The van der Waals surface area contributed by atoms with Crippen LogP contribution in [0.15, 0.2) is 48.5 Å². The molecule has 0 spiro atoms. The first-order chi connectivity index (χ1) is 11.7. The molecule has 0 radical (unpaired) electrons. The van der Waals surface area contributed by atoms with Crippen molar-refractivity contribution in [3.05, 3.63) is 64.2 Å². The van der Waals surface area contributed by atoms with Gasteiger partial charge in [0.05, 0.1) is 10.4 Å². The molecule has 2 aromatic carbocycles. The van der Waals surface area contributed by atoms with Gasteiger partial charge in [0, 0.05) is 24.3 Å². The molecule has 0 fully saturated rings. The molecule has 1 aromatic heterocycles. The first-order valence-corrected chi connectivity index (χ1v) is 7.36. The van der Waals surface area contributed by atoms with E-state index in [4.69, 9.17) is 4.74 Å².